The highest BCUT2D eigenvalue weighted by molar-refractivity contribution is 9.10. The molecule has 1 fully saturated rings. The number of anilines is 2. The van der Waals surface area contributed by atoms with Crippen LogP contribution in [0.3, 0.4) is 0 Å². The average Bonchev–Trinajstić information content (AvgIpc) is 3.08. The summed E-state index contributed by atoms with van der Waals surface area (Å²) in [6, 6.07) is 9.12. The third-order valence-corrected chi connectivity index (χ3v) is 4.41. The molecule has 1 saturated heterocycles. The number of carbonyl (C=O) groups is 1. The lowest BCUT2D eigenvalue weighted by atomic mass is 10.2. The van der Waals surface area contributed by atoms with Crippen molar-refractivity contribution in [2.75, 3.05) is 23.8 Å². The van der Waals surface area contributed by atoms with Crippen molar-refractivity contribution in [2.45, 2.75) is 25.9 Å². The minimum atomic E-state index is -0.271. The van der Waals surface area contributed by atoms with Gasteiger partial charge in [0.2, 0.25) is 5.95 Å². The van der Waals surface area contributed by atoms with Crippen molar-refractivity contribution in [1.29, 1.82) is 0 Å². The summed E-state index contributed by atoms with van der Waals surface area (Å²) in [5.74, 6) is 0.176. The summed E-state index contributed by atoms with van der Waals surface area (Å²) in [6.45, 7) is 3.30. The summed E-state index contributed by atoms with van der Waals surface area (Å²) < 4.78 is 6.39. The van der Waals surface area contributed by atoms with Gasteiger partial charge in [0.15, 0.2) is 0 Å². The van der Waals surface area contributed by atoms with Crippen LogP contribution in [0.15, 0.2) is 34.8 Å². The van der Waals surface area contributed by atoms with E-state index in [2.05, 4.69) is 36.5 Å². The largest absolute Gasteiger partial charge is 0.376 e. The molecule has 3 rings (SSSR count). The summed E-state index contributed by atoms with van der Waals surface area (Å²) in [4.78, 5) is 21.1. The topological polar surface area (TPSA) is 76.1 Å². The van der Waals surface area contributed by atoms with E-state index in [0.717, 1.165) is 29.6 Å². The molecule has 2 N–H and O–H groups in total. The first kappa shape index (κ1) is 16.9. The number of para-hydroxylation sites is 1. The van der Waals surface area contributed by atoms with Crippen molar-refractivity contribution in [1.82, 2.24) is 9.97 Å². The van der Waals surface area contributed by atoms with Crippen LogP contribution in [-0.4, -0.2) is 35.1 Å². The van der Waals surface area contributed by atoms with E-state index in [-0.39, 0.29) is 12.0 Å². The van der Waals surface area contributed by atoms with E-state index in [1.807, 2.05) is 31.2 Å². The Morgan fingerprint density at radius 2 is 2.21 bits per heavy atom. The predicted molar refractivity (Wildman–Crippen MR) is 96.3 cm³/mol. The van der Waals surface area contributed by atoms with Crippen molar-refractivity contribution in [2.24, 2.45) is 0 Å². The zero-order valence-electron chi connectivity index (χ0n) is 13.4. The van der Waals surface area contributed by atoms with Crippen molar-refractivity contribution < 1.29 is 9.53 Å². The van der Waals surface area contributed by atoms with E-state index in [1.165, 1.54) is 0 Å². The molecule has 1 aromatic carbocycles. The molecule has 24 heavy (non-hydrogen) atoms. The van der Waals surface area contributed by atoms with E-state index in [1.54, 1.807) is 6.07 Å². The zero-order chi connectivity index (χ0) is 16.9. The maximum atomic E-state index is 12.5. The van der Waals surface area contributed by atoms with Crippen LogP contribution in [-0.2, 0) is 4.74 Å². The van der Waals surface area contributed by atoms with Crippen molar-refractivity contribution in [3.63, 3.8) is 0 Å². The number of amides is 1. The molecule has 2 aromatic rings. The summed E-state index contributed by atoms with van der Waals surface area (Å²) in [7, 11) is 0. The fourth-order valence-corrected chi connectivity index (χ4v) is 2.91. The molecule has 0 saturated carbocycles. The van der Waals surface area contributed by atoms with Crippen LogP contribution in [0.4, 0.5) is 11.6 Å². The van der Waals surface area contributed by atoms with Gasteiger partial charge in [-0.25, -0.2) is 9.97 Å². The molecule has 0 aliphatic carbocycles. The second-order valence-electron chi connectivity index (χ2n) is 5.67. The molecule has 1 aliphatic rings. The van der Waals surface area contributed by atoms with Gasteiger partial charge >= 0.3 is 0 Å². The number of hydrogen-bond acceptors (Lipinski definition) is 5. The third kappa shape index (κ3) is 4.30. The highest BCUT2D eigenvalue weighted by atomic mass is 79.9. The Hall–Kier alpha value is -1.99. The molecule has 1 amide bonds. The molecule has 6 nitrogen and oxygen atoms in total. The molecule has 0 spiro atoms. The molecule has 2 heterocycles. The number of aromatic nitrogens is 2. The highest BCUT2D eigenvalue weighted by Gasteiger charge is 2.16. The molecular weight excluding hydrogens is 372 g/mol. The highest BCUT2D eigenvalue weighted by Crippen LogP contribution is 2.22. The van der Waals surface area contributed by atoms with E-state index in [4.69, 9.17) is 4.74 Å². The zero-order valence-corrected chi connectivity index (χ0v) is 15.0. The van der Waals surface area contributed by atoms with Gasteiger partial charge in [-0.1, -0.05) is 12.1 Å². The maximum Gasteiger partial charge on any atom is 0.274 e. The van der Waals surface area contributed by atoms with Gasteiger partial charge in [0.1, 0.15) is 5.69 Å². The van der Waals surface area contributed by atoms with Gasteiger partial charge in [-0.05, 0) is 53.9 Å². The number of carbonyl (C=O) groups excluding carboxylic acids is 1. The van der Waals surface area contributed by atoms with Gasteiger partial charge < -0.3 is 15.4 Å². The summed E-state index contributed by atoms with van der Waals surface area (Å²) >= 11 is 3.42. The van der Waals surface area contributed by atoms with E-state index < -0.39 is 0 Å². The fourth-order valence-electron chi connectivity index (χ4n) is 2.52. The normalized spacial score (nSPS) is 16.8. The summed E-state index contributed by atoms with van der Waals surface area (Å²) in [5.41, 5.74) is 1.76. The van der Waals surface area contributed by atoms with Crippen LogP contribution < -0.4 is 10.6 Å². The Kier molecular flexibility index (Phi) is 5.42. The molecular formula is C17H19BrN4O2. The number of ether oxygens (including phenoxy) is 1. The first-order valence-corrected chi connectivity index (χ1v) is 8.68. The first-order valence-electron chi connectivity index (χ1n) is 7.89. The van der Waals surface area contributed by atoms with Gasteiger partial charge in [-0.15, -0.1) is 0 Å². The van der Waals surface area contributed by atoms with Crippen LogP contribution in [0, 0.1) is 6.92 Å². The quantitative estimate of drug-likeness (QED) is 0.817. The number of nitrogens with zero attached hydrogens (tertiary/aromatic N) is 2. The fraction of sp³-hybridized carbons (Fsp3) is 0.353. The Morgan fingerprint density at radius 3 is 2.96 bits per heavy atom. The second kappa shape index (κ2) is 7.72. The molecule has 126 valence electrons. The van der Waals surface area contributed by atoms with Crippen molar-refractivity contribution in [3.05, 3.63) is 46.2 Å². The first-order chi connectivity index (χ1) is 11.6. The number of rotatable bonds is 5. The van der Waals surface area contributed by atoms with Crippen LogP contribution in [0.5, 0.6) is 0 Å². The number of benzene rings is 1. The molecule has 1 aliphatic heterocycles. The van der Waals surface area contributed by atoms with Gasteiger partial charge in [-0.2, -0.15) is 0 Å². The smallest absolute Gasteiger partial charge is 0.274 e. The van der Waals surface area contributed by atoms with E-state index in [0.29, 0.717) is 23.9 Å². The SMILES string of the molecule is Cc1cc(C(=O)Nc2ccccc2Br)nc(NCC2CCCO2)n1. The molecule has 1 atom stereocenters. The van der Waals surface area contributed by atoms with Crippen molar-refractivity contribution in [3.8, 4) is 0 Å². The van der Waals surface area contributed by atoms with Crippen LogP contribution in [0.1, 0.15) is 29.0 Å². The standard InChI is InChI=1S/C17H19BrN4O2/c1-11-9-15(16(23)21-14-7-3-2-6-13(14)18)22-17(20-11)19-10-12-5-4-8-24-12/h2-3,6-7,9,12H,4-5,8,10H2,1H3,(H,21,23)(H,19,20,22). The van der Waals surface area contributed by atoms with E-state index in [9.17, 15) is 4.79 Å². The van der Waals surface area contributed by atoms with Gasteiger partial charge in [0.25, 0.3) is 5.91 Å². The number of halogens is 1. The lowest BCUT2D eigenvalue weighted by molar-refractivity contribution is 0.102. The van der Waals surface area contributed by atoms with Gasteiger partial charge in [0, 0.05) is 23.3 Å². The Morgan fingerprint density at radius 1 is 1.38 bits per heavy atom. The lowest BCUT2D eigenvalue weighted by Crippen LogP contribution is -2.21. The third-order valence-electron chi connectivity index (χ3n) is 3.72. The minimum Gasteiger partial charge on any atom is -0.376 e. The number of hydrogen-bond donors (Lipinski definition) is 2. The number of nitrogens with one attached hydrogen (secondary N) is 2. The minimum absolute atomic E-state index is 0.187. The van der Waals surface area contributed by atoms with E-state index >= 15 is 0 Å². The lowest BCUT2D eigenvalue weighted by Gasteiger charge is -2.12. The molecule has 0 bridgehead atoms. The second-order valence-corrected chi connectivity index (χ2v) is 6.52. The molecule has 1 aromatic heterocycles. The molecule has 7 heteroatoms. The predicted octanol–water partition coefficient (Wildman–Crippen LogP) is 3.39. The monoisotopic (exact) mass is 390 g/mol. The van der Waals surface area contributed by atoms with Crippen LogP contribution in [0.25, 0.3) is 0 Å². The van der Waals surface area contributed by atoms with Gasteiger partial charge in [-0.3, -0.25) is 4.79 Å². The van der Waals surface area contributed by atoms with Crippen LogP contribution in [0.2, 0.25) is 0 Å². The summed E-state index contributed by atoms with van der Waals surface area (Å²) in [6.07, 6.45) is 2.31. The summed E-state index contributed by atoms with van der Waals surface area (Å²) in [5, 5.41) is 6.01. The van der Waals surface area contributed by atoms with Crippen LogP contribution >= 0.6 is 15.9 Å². The molecule has 0 radical (unpaired) electrons. The Balaban J connectivity index is 1.70. The average molecular weight is 391 g/mol. The van der Waals surface area contributed by atoms with Crippen molar-refractivity contribution >= 4 is 33.5 Å². The maximum absolute atomic E-state index is 12.5. The Labute approximate surface area is 149 Å². The van der Waals surface area contributed by atoms with Gasteiger partial charge in [0.05, 0.1) is 11.8 Å². The Bertz CT molecular complexity index is 732. The number of aryl methyl sites for hydroxylation is 1. The molecule has 1 unspecified atom stereocenters.